The van der Waals surface area contributed by atoms with Gasteiger partial charge in [0.05, 0.1) is 33.8 Å². The molecule has 6 heterocycles. The summed E-state index contributed by atoms with van der Waals surface area (Å²) in [5, 5.41) is 26.8. The Morgan fingerprint density at radius 1 is 0.892 bits per heavy atom. The zero-order valence-electron chi connectivity index (χ0n) is 48.2. The van der Waals surface area contributed by atoms with E-state index in [0.717, 1.165) is 30.5 Å². The Morgan fingerprint density at radius 3 is 2.29 bits per heavy atom. The van der Waals surface area contributed by atoms with Gasteiger partial charge in [0.15, 0.2) is 21.8 Å². The third kappa shape index (κ3) is 13.7. The van der Waals surface area contributed by atoms with Crippen molar-refractivity contribution >= 4 is 73.9 Å². The number of carbonyl (C=O) groups excluding carboxylic acids is 5. The maximum atomic E-state index is 15.0. The molecule has 25 nitrogen and oxygen atoms in total. The molecule has 1 saturated carbocycles. The summed E-state index contributed by atoms with van der Waals surface area (Å²) in [6.07, 6.45) is 7.01. The van der Waals surface area contributed by atoms with Gasteiger partial charge in [0.2, 0.25) is 17.8 Å². The molecule has 0 spiro atoms. The van der Waals surface area contributed by atoms with Gasteiger partial charge in [-0.2, -0.15) is 10.2 Å². The van der Waals surface area contributed by atoms with Gasteiger partial charge in [0.1, 0.15) is 40.7 Å². The van der Waals surface area contributed by atoms with Crippen LogP contribution in [0.5, 0.6) is 5.75 Å². The van der Waals surface area contributed by atoms with E-state index in [4.69, 9.17) is 9.47 Å². The molecule has 4 aromatic heterocycles. The molecular formula is C57H74N16O9S. The lowest BCUT2D eigenvalue weighted by molar-refractivity contribution is -0.143. The topological polar surface area (TPSA) is 306 Å². The second kappa shape index (κ2) is 25.5. The standard InChI is InChI=1S/C57H74N16O9S/c1-34-26-47(73(69-34)41-18-13-10-14-19-41)64-53(76)44-27-40(32-72(44)54(77)48(38-16-11-9-12-17-38)65-51(74)37(4)82-56(78)58-8)63-52(75)39-30-59-55(60-31-39)71-23-21-70(22-24-71)20-15-25-81-45-29-43-42(28-46(45)83(79,80)57(5,6)7)50(62-33-61-43)66-49-35(2)36(3)67-68-49/h10,13-14,18-19,26,28-31,33,37-38,40,44,48H,9,11-12,15-17,20-25,27,32H2,1-8H3,(H,58,78)(H,63,75)(H,64,76)(H,65,74)(H2,61,62,66,67,68)/t37?,40-,44-,48?/m0/s1. The van der Waals surface area contributed by atoms with E-state index in [1.54, 1.807) is 43.7 Å². The zero-order chi connectivity index (χ0) is 59.2. The normalized spacial score (nSPS) is 17.8. The van der Waals surface area contributed by atoms with Crippen molar-refractivity contribution in [1.82, 2.24) is 65.7 Å². The Labute approximate surface area is 482 Å². The van der Waals surface area contributed by atoms with Gasteiger partial charge in [0, 0.05) is 93.5 Å². The van der Waals surface area contributed by atoms with Gasteiger partial charge in [0.25, 0.3) is 11.8 Å². The number of nitrogens with one attached hydrogen (secondary N) is 6. The van der Waals surface area contributed by atoms with Crippen molar-refractivity contribution < 1.29 is 41.9 Å². The molecule has 5 amide bonds. The summed E-state index contributed by atoms with van der Waals surface area (Å²) in [5.41, 5.74) is 3.87. The van der Waals surface area contributed by atoms with Crippen LogP contribution in [0.25, 0.3) is 16.6 Å². The van der Waals surface area contributed by atoms with Crippen LogP contribution in [-0.4, -0.2) is 170 Å². The van der Waals surface area contributed by atoms with Gasteiger partial charge in [-0.3, -0.25) is 29.2 Å². The number of likely N-dealkylation sites (tertiary alicyclic amines) is 1. The number of aromatic amines is 1. The largest absolute Gasteiger partial charge is 0.492 e. The molecule has 3 fully saturated rings. The summed E-state index contributed by atoms with van der Waals surface area (Å²) in [4.78, 5) is 92.9. The number of carbonyl (C=O) groups is 5. The molecule has 0 bridgehead atoms. The molecule has 83 heavy (non-hydrogen) atoms. The van der Waals surface area contributed by atoms with E-state index in [-0.39, 0.29) is 41.7 Å². The quantitative estimate of drug-likeness (QED) is 0.0560. The summed E-state index contributed by atoms with van der Waals surface area (Å²) in [6, 6.07) is 11.5. The summed E-state index contributed by atoms with van der Waals surface area (Å²) in [5.74, 6) is -0.319. The van der Waals surface area contributed by atoms with E-state index < -0.39 is 68.5 Å². The van der Waals surface area contributed by atoms with Crippen LogP contribution < -0.4 is 36.2 Å². The predicted octanol–water partition coefficient (Wildman–Crippen LogP) is 5.31. The first-order valence-electron chi connectivity index (χ1n) is 28.2. The Bertz CT molecular complexity index is 3430. The van der Waals surface area contributed by atoms with Crippen molar-refractivity contribution in [3.8, 4) is 11.4 Å². The van der Waals surface area contributed by atoms with Gasteiger partial charge >= 0.3 is 6.09 Å². The number of para-hydroxylation sites is 1. The lowest BCUT2D eigenvalue weighted by atomic mass is 9.83. The number of sulfone groups is 1. The number of benzene rings is 2. The number of amides is 5. The first-order valence-corrected chi connectivity index (χ1v) is 29.6. The molecule has 4 atom stereocenters. The van der Waals surface area contributed by atoms with Crippen LogP contribution in [0.15, 0.2) is 72.1 Å². The van der Waals surface area contributed by atoms with E-state index in [2.05, 4.69) is 66.7 Å². The van der Waals surface area contributed by atoms with Crippen molar-refractivity contribution in [2.45, 2.75) is 127 Å². The maximum Gasteiger partial charge on any atom is 0.407 e. The highest BCUT2D eigenvalue weighted by atomic mass is 32.2. The van der Waals surface area contributed by atoms with E-state index >= 15 is 0 Å². The van der Waals surface area contributed by atoms with Gasteiger partial charge in [-0.1, -0.05) is 37.5 Å². The molecule has 6 aromatic rings. The molecule has 26 heteroatoms. The molecule has 442 valence electrons. The van der Waals surface area contributed by atoms with Gasteiger partial charge < -0.3 is 45.9 Å². The van der Waals surface area contributed by atoms with Crippen LogP contribution >= 0.6 is 0 Å². The number of alkyl carbamates (subject to hydrolysis) is 1. The van der Waals surface area contributed by atoms with E-state index in [1.807, 2.05) is 56.0 Å². The minimum Gasteiger partial charge on any atom is -0.492 e. The smallest absolute Gasteiger partial charge is 0.407 e. The van der Waals surface area contributed by atoms with E-state index in [1.165, 1.54) is 37.6 Å². The molecule has 6 N–H and O–H groups in total. The first kappa shape index (κ1) is 59.4. The summed E-state index contributed by atoms with van der Waals surface area (Å²) < 4.78 is 40.0. The highest BCUT2D eigenvalue weighted by Gasteiger charge is 2.45. The van der Waals surface area contributed by atoms with Crippen molar-refractivity contribution in [1.29, 1.82) is 0 Å². The molecule has 2 aliphatic heterocycles. The molecule has 3 aliphatic rings. The monoisotopic (exact) mass is 1160 g/mol. The Kier molecular flexibility index (Phi) is 18.2. The van der Waals surface area contributed by atoms with Crippen LogP contribution in [0.1, 0.15) is 99.9 Å². The lowest BCUT2D eigenvalue weighted by Gasteiger charge is -2.35. The van der Waals surface area contributed by atoms with Crippen LogP contribution in [0.4, 0.5) is 28.2 Å². The Morgan fingerprint density at radius 2 is 1.61 bits per heavy atom. The summed E-state index contributed by atoms with van der Waals surface area (Å²) in [6.45, 7) is 15.6. The Balaban J connectivity index is 0.828. The van der Waals surface area contributed by atoms with Crippen molar-refractivity contribution in [2.75, 3.05) is 68.5 Å². The first-order chi connectivity index (χ1) is 39.7. The number of rotatable bonds is 19. The number of aromatic nitrogens is 8. The number of ether oxygens (including phenoxy) is 2. The SMILES string of the molecule is CNC(=O)OC(C)C(=O)NC(C(=O)N1C[C@@H](NC(=O)c2cnc(N3CCN(CCCOc4cc5ncnc(Nc6n[nH]c(C)c6C)c5cc4S(=O)(=O)C(C)(C)C)CC3)nc2)C[C@H]1C(=O)Nc1cc(C)nn1-c1ccccc1)C1CCCCC1. The van der Waals surface area contributed by atoms with E-state index in [0.29, 0.717) is 97.7 Å². The predicted molar refractivity (Wildman–Crippen MR) is 310 cm³/mol. The number of piperazine rings is 1. The van der Waals surface area contributed by atoms with Gasteiger partial charge in [-0.05, 0) is 98.3 Å². The zero-order valence-corrected chi connectivity index (χ0v) is 49.0. The van der Waals surface area contributed by atoms with Gasteiger partial charge in [-0.15, -0.1) is 0 Å². The molecule has 2 saturated heterocycles. The molecule has 1 aliphatic carbocycles. The number of H-pyrrole nitrogens is 1. The van der Waals surface area contributed by atoms with Crippen molar-refractivity contribution in [2.24, 2.45) is 5.92 Å². The fourth-order valence-corrected chi connectivity index (χ4v) is 11.9. The Hall–Kier alpha value is -8.26. The molecule has 2 unspecified atom stereocenters. The number of aryl methyl sites for hydroxylation is 2. The van der Waals surface area contributed by atoms with Gasteiger partial charge in [-0.25, -0.2) is 37.8 Å². The molecular weight excluding hydrogens is 1080 g/mol. The molecule has 0 radical (unpaired) electrons. The summed E-state index contributed by atoms with van der Waals surface area (Å²) in [7, 11) is -2.49. The van der Waals surface area contributed by atoms with Crippen LogP contribution in [-0.2, 0) is 29.0 Å². The number of hydrogen-bond acceptors (Lipinski definition) is 18. The molecule has 9 rings (SSSR count). The number of nitrogens with zero attached hydrogens (tertiary/aromatic N) is 10. The maximum absolute atomic E-state index is 15.0. The van der Waals surface area contributed by atoms with Crippen molar-refractivity contribution in [3.63, 3.8) is 0 Å². The fraction of sp³-hybridized carbons (Fsp3) is 0.491. The number of fused-ring (bicyclic) bond motifs is 1. The lowest BCUT2D eigenvalue weighted by Crippen LogP contribution is -2.57. The van der Waals surface area contributed by atoms with Crippen LogP contribution in [0.2, 0.25) is 0 Å². The van der Waals surface area contributed by atoms with Crippen molar-refractivity contribution in [3.05, 3.63) is 89.8 Å². The number of hydrogen-bond donors (Lipinski definition) is 6. The third-order valence-corrected chi connectivity index (χ3v) is 18.1. The second-order valence-electron chi connectivity index (χ2n) is 22.4. The second-order valence-corrected chi connectivity index (χ2v) is 25.1. The minimum absolute atomic E-state index is 0.0383. The van der Waals surface area contributed by atoms with Crippen LogP contribution in [0, 0.1) is 26.7 Å². The fourth-order valence-electron chi connectivity index (χ4n) is 10.6. The third-order valence-electron chi connectivity index (χ3n) is 15.6. The van der Waals surface area contributed by atoms with Crippen LogP contribution in [0.3, 0.4) is 0 Å². The van der Waals surface area contributed by atoms with E-state index in [9.17, 15) is 32.4 Å². The highest BCUT2D eigenvalue weighted by molar-refractivity contribution is 7.92. The summed E-state index contributed by atoms with van der Waals surface area (Å²) >= 11 is 0. The molecule has 2 aromatic carbocycles. The highest BCUT2D eigenvalue weighted by Crippen LogP contribution is 2.38. The minimum atomic E-state index is -3.87. The average molecular weight is 1160 g/mol. The average Bonchev–Trinajstić information content (AvgIpc) is 3.96. The number of anilines is 4.